The van der Waals surface area contributed by atoms with Gasteiger partial charge in [-0.05, 0) is 25.3 Å². The average molecular weight is 371 g/mol. The molecule has 1 atom stereocenters. The third-order valence-electron chi connectivity index (χ3n) is 4.75. The van der Waals surface area contributed by atoms with Crippen LogP contribution in [0.1, 0.15) is 37.5 Å². The van der Waals surface area contributed by atoms with Gasteiger partial charge in [-0.25, -0.2) is 4.98 Å². The Morgan fingerprint density at radius 2 is 2.15 bits per heavy atom. The van der Waals surface area contributed by atoms with Gasteiger partial charge in [0.25, 0.3) is 0 Å². The van der Waals surface area contributed by atoms with Crippen molar-refractivity contribution in [3.63, 3.8) is 0 Å². The van der Waals surface area contributed by atoms with Crippen LogP contribution in [0.2, 0.25) is 0 Å². The Bertz CT molecular complexity index is 922. The number of hydrogen-bond donors (Lipinski definition) is 1. The average Bonchev–Trinajstić information content (AvgIpc) is 2.92. The van der Waals surface area contributed by atoms with E-state index in [9.17, 15) is 4.39 Å². The summed E-state index contributed by atoms with van der Waals surface area (Å²) < 4.78 is 27.2. The number of methoxy groups -OCH3 is 1. The Morgan fingerprint density at radius 1 is 1.26 bits per heavy atom. The molecule has 0 bridgehead atoms. The minimum atomic E-state index is -0.791. The summed E-state index contributed by atoms with van der Waals surface area (Å²) in [6, 6.07) is 7.65. The van der Waals surface area contributed by atoms with Crippen LogP contribution < -0.4 is 10.1 Å². The van der Waals surface area contributed by atoms with Gasteiger partial charge >= 0.3 is 6.08 Å². The van der Waals surface area contributed by atoms with E-state index in [0.717, 1.165) is 37.0 Å². The van der Waals surface area contributed by atoms with E-state index in [1.807, 2.05) is 24.3 Å². The zero-order valence-electron chi connectivity index (χ0n) is 15.2. The highest BCUT2D eigenvalue weighted by atomic mass is 19.1. The highest BCUT2D eigenvalue weighted by Gasteiger charge is 2.20. The Kier molecular flexibility index (Phi) is 5.15. The predicted octanol–water partition coefficient (Wildman–Crippen LogP) is 3.68. The van der Waals surface area contributed by atoms with E-state index in [-0.39, 0.29) is 6.23 Å². The maximum atomic E-state index is 14.1. The standard InChI is InChI=1S/C19H22FN5O2/c1-26-14-8-5-4-7-13(14)11-21-17-16-18(24-19(20)23-17)25(12-22-16)15-9-3-2-6-10-27-15/h4-5,7-8,12,15H,2-3,6,9-11H2,1H3,(H,21,23,24). The van der Waals surface area contributed by atoms with E-state index in [4.69, 9.17) is 9.47 Å². The first-order chi connectivity index (χ1) is 13.3. The van der Waals surface area contributed by atoms with Crippen LogP contribution in [0, 0.1) is 6.08 Å². The van der Waals surface area contributed by atoms with Gasteiger partial charge < -0.3 is 14.8 Å². The van der Waals surface area contributed by atoms with Gasteiger partial charge in [0.05, 0.1) is 13.4 Å². The van der Waals surface area contributed by atoms with Crippen LogP contribution in [0.15, 0.2) is 30.6 Å². The topological polar surface area (TPSA) is 74.1 Å². The van der Waals surface area contributed by atoms with E-state index in [1.54, 1.807) is 18.0 Å². The number of aromatic nitrogens is 4. The van der Waals surface area contributed by atoms with Crippen LogP contribution in [0.4, 0.5) is 10.2 Å². The number of ether oxygens (including phenoxy) is 2. The summed E-state index contributed by atoms with van der Waals surface area (Å²) in [5, 5.41) is 3.16. The summed E-state index contributed by atoms with van der Waals surface area (Å²) in [6.07, 6.45) is 4.80. The number of rotatable bonds is 5. The number of para-hydroxylation sites is 1. The predicted molar refractivity (Wildman–Crippen MR) is 99.1 cm³/mol. The Labute approximate surface area is 156 Å². The van der Waals surface area contributed by atoms with Crippen molar-refractivity contribution >= 4 is 17.0 Å². The molecule has 3 heterocycles. The maximum Gasteiger partial charge on any atom is 0.312 e. The molecule has 2 aromatic heterocycles. The molecule has 0 spiro atoms. The lowest BCUT2D eigenvalue weighted by Crippen LogP contribution is -2.12. The van der Waals surface area contributed by atoms with Gasteiger partial charge in [0.15, 0.2) is 17.0 Å². The van der Waals surface area contributed by atoms with Crippen LogP contribution in [-0.4, -0.2) is 33.2 Å². The fourth-order valence-corrected chi connectivity index (χ4v) is 3.37. The zero-order chi connectivity index (χ0) is 18.6. The highest BCUT2D eigenvalue weighted by molar-refractivity contribution is 5.82. The quantitative estimate of drug-likeness (QED) is 0.690. The normalized spacial score (nSPS) is 17.6. The van der Waals surface area contributed by atoms with Crippen LogP contribution in [-0.2, 0) is 11.3 Å². The molecule has 3 aromatic rings. The summed E-state index contributed by atoms with van der Waals surface area (Å²) in [4.78, 5) is 12.3. The summed E-state index contributed by atoms with van der Waals surface area (Å²) >= 11 is 0. The lowest BCUT2D eigenvalue weighted by atomic mass is 10.2. The summed E-state index contributed by atoms with van der Waals surface area (Å²) in [5.74, 6) is 1.11. The zero-order valence-corrected chi connectivity index (χ0v) is 15.2. The molecule has 1 saturated heterocycles. The molecule has 1 N–H and O–H groups in total. The molecule has 0 radical (unpaired) electrons. The first-order valence-corrected chi connectivity index (χ1v) is 9.13. The molecule has 142 valence electrons. The molecule has 0 saturated carbocycles. The smallest absolute Gasteiger partial charge is 0.312 e. The lowest BCUT2D eigenvalue weighted by molar-refractivity contribution is 0.00928. The molecule has 1 unspecified atom stereocenters. The molecular weight excluding hydrogens is 349 g/mol. The van der Waals surface area contributed by atoms with Crippen LogP contribution in [0.25, 0.3) is 11.2 Å². The van der Waals surface area contributed by atoms with E-state index in [0.29, 0.717) is 30.1 Å². The molecule has 0 aliphatic carbocycles. The molecule has 4 rings (SSSR count). The van der Waals surface area contributed by atoms with Crippen molar-refractivity contribution in [2.24, 2.45) is 0 Å². The van der Waals surface area contributed by atoms with E-state index in [1.165, 1.54) is 0 Å². The van der Waals surface area contributed by atoms with Crippen molar-refractivity contribution in [3.05, 3.63) is 42.2 Å². The van der Waals surface area contributed by atoms with Crippen molar-refractivity contribution in [1.29, 1.82) is 0 Å². The number of halogens is 1. The van der Waals surface area contributed by atoms with Crippen LogP contribution in [0.3, 0.4) is 0 Å². The van der Waals surface area contributed by atoms with E-state index in [2.05, 4.69) is 20.3 Å². The molecule has 0 amide bonds. The van der Waals surface area contributed by atoms with Gasteiger partial charge in [-0.15, -0.1) is 0 Å². The fourth-order valence-electron chi connectivity index (χ4n) is 3.37. The van der Waals surface area contributed by atoms with Crippen molar-refractivity contribution in [2.75, 3.05) is 19.0 Å². The third-order valence-corrected chi connectivity index (χ3v) is 4.75. The van der Waals surface area contributed by atoms with Gasteiger partial charge in [0.1, 0.15) is 12.0 Å². The fraction of sp³-hybridized carbons (Fsp3) is 0.421. The summed E-state index contributed by atoms with van der Waals surface area (Å²) in [7, 11) is 1.62. The number of nitrogens with one attached hydrogen (secondary N) is 1. The summed E-state index contributed by atoms with van der Waals surface area (Å²) in [6.45, 7) is 1.12. The molecule has 7 nitrogen and oxygen atoms in total. The molecule has 1 aliphatic heterocycles. The number of hydrogen-bond acceptors (Lipinski definition) is 6. The number of fused-ring (bicyclic) bond motifs is 1. The largest absolute Gasteiger partial charge is 0.496 e. The Morgan fingerprint density at radius 3 is 3.04 bits per heavy atom. The molecule has 1 aliphatic rings. The minimum Gasteiger partial charge on any atom is -0.496 e. The molecule has 8 heteroatoms. The molecular formula is C19H22FN5O2. The van der Waals surface area contributed by atoms with Crippen LogP contribution in [0.5, 0.6) is 5.75 Å². The first-order valence-electron chi connectivity index (χ1n) is 9.13. The first kappa shape index (κ1) is 17.7. The SMILES string of the molecule is COc1ccccc1CNc1nc(F)nc2c1ncn2C1CCCCCO1. The number of imidazole rings is 1. The number of benzene rings is 1. The van der Waals surface area contributed by atoms with Crippen molar-refractivity contribution in [1.82, 2.24) is 19.5 Å². The van der Waals surface area contributed by atoms with Crippen molar-refractivity contribution in [3.8, 4) is 5.75 Å². The van der Waals surface area contributed by atoms with Gasteiger partial charge in [-0.1, -0.05) is 24.6 Å². The van der Waals surface area contributed by atoms with Gasteiger partial charge in [-0.2, -0.15) is 14.4 Å². The summed E-state index contributed by atoms with van der Waals surface area (Å²) in [5.41, 5.74) is 1.91. The van der Waals surface area contributed by atoms with Crippen molar-refractivity contribution in [2.45, 2.75) is 38.5 Å². The molecule has 1 fully saturated rings. The lowest BCUT2D eigenvalue weighted by Gasteiger charge is -2.17. The second kappa shape index (κ2) is 7.87. The minimum absolute atomic E-state index is 0.172. The second-order valence-corrected chi connectivity index (χ2v) is 6.51. The van der Waals surface area contributed by atoms with Gasteiger partial charge in [0, 0.05) is 18.7 Å². The molecule has 27 heavy (non-hydrogen) atoms. The monoisotopic (exact) mass is 371 g/mol. The number of nitrogens with zero attached hydrogens (tertiary/aromatic N) is 4. The third kappa shape index (κ3) is 3.71. The Hall–Kier alpha value is -2.74. The number of anilines is 1. The van der Waals surface area contributed by atoms with E-state index < -0.39 is 6.08 Å². The molecule has 1 aromatic carbocycles. The highest BCUT2D eigenvalue weighted by Crippen LogP contribution is 2.28. The van der Waals surface area contributed by atoms with E-state index >= 15 is 0 Å². The second-order valence-electron chi connectivity index (χ2n) is 6.51. The van der Waals surface area contributed by atoms with Gasteiger partial charge in [-0.3, -0.25) is 4.57 Å². The Balaban J connectivity index is 1.63. The van der Waals surface area contributed by atoms with Crippen LogP contribution >= 0.6 is 0 Å². The van der Waals surface area contributed by atoms with Crippen molar-refractivity contribution < 1.29 is 13.9 Å². The maximum absolute atomic E-state index is 14.1. The van der Waals surface area contributed by atoms with Gasteiger partial charge in [0.2, 0.25) is 0 Å².